The Labute approximate surface area is 272 Å². The normalized spacial score (nSPS) is 14.4. The van der Waals surface area contributed by atoms with E-state index in [4.69, 9.17) is 19.6 Å². The summed E-state index contributed by atoms with van der Waals surface area (Å²) in [5.74, 6) is 1.34. The van der Waals surface area contributed by atoms with Gasteiger partial charge in [0, 0.05) is 35.1 Å². The maximum atomic E-state index is 13.1. The second kappa shape index (κ2) is 16.1. The van der Waals surface area contributed by atoms with E-state index < -0.39 is 11.0 Å². The topological polar surface area (TPSA) is 94.9 Å². The molecule has 0 spiro atoms. The van der Waals surface area contributed by atoms with E-state index in [1.165, 1.54) is 30.4 Å². The van der Waals surface area contributed by atoms with Gasteiger partial charge in [0.2, 0.25) is 0 Å². The van der Waals surface area contributed by atoms with E-state index in [-0.39, 0.29) is 23.9 Å². The number of esters is 1. The van der Waals surface area contributed by atoms with Crippen LogP contribution in [0, 0.1) is 16.7 Å². The van der Waals surface area contributed by atoms with Crippen LogP contribution >= 0.6 is 0 Å². The van der Waals surface area contributed by atoms with Crippen molar-refractivity contribution >= 4 is 16.9 Å². The summed E-state index contributed by atoms with van der Waals surface area (Å²) in [5.41, 5.74) is 9.54. The molecule has 0 amide bonds. The lowest BCUT2D eigenvalue weighted by Gasteiger charge is -2.43. The molecule has 0 saturated carbocycles. The van der Waals surface area contributed by atoms with Crippen LogP contribution in [0.25, 0.3) is 22.3 Å². The molecule has 2 unspecified atom stereocenters. The fourth-order valence-corrected chi connectivity index (χ4v) is 6.07. The Bertz CT molecular complexity index is 1360. The molecule has 3 aromatic rings. The lowest BCUT2D eigenvalue weighted by Crippen LogP contribution is -2.55. The molecule has 6 heteroatoms. The number of unbranched alkanes of at least 4 members (excludes halogenated alkanes) is 3. The van der Waals surface area contributed by atoms with Crippen LogP contribution in [0.5, 0.6) is 5.75 Å². The predicted molar refractivity (Wildman–Crippen MR) is 186 cm³/mol. The van der Waals surface area contributed by atoms with Crippen LogP contribution in [0.4, 0.5) is 0 Å². The molecule has 250 valence electrons. The fourth-order valence-electron chi connectivity index (χ4n) is 6.07. The number of furan rings is 1. The summed E-state index contributed by atoms with van der Waals surface area (Å²) in [7, 11) is 0. The van der Waals surface area contributed by atoms with Crippen molar-refractivity contribution in [3.63, 3.8) is 0 Å². The molecule has 45 heavy (non-hydrogen) atoms. The lowest BCUT2D eigenvalue weighted by atomic mass is 9.65. The van der Waals surface area contributed by atoms with Crippen LogP contribution in [0.3, 0.4) is 0 Å². The molecule has 2 atom stereocenters. The first-order valence-electron chi connectivity index (χ1n) is 17.1. The highest BCUT2D eigenvalue weighted by atomic mass is 16.5. The number of hydrogen-bond donors (Lipinski definition) is 2. The molecule has 0 aliphatic rings. The summed E-state index contributed by atoms with van der Waals surface area (Å²) >= 11 is 0. The SMILES string of the molecule is CCCCCc1ccc(-c2cc3ccc(OCC(CO)CCCCOC(=O)C(C)(CC(C)(C)C)C(C)(C)N)cc3o2)c(CC)c1. The second-order valence-corrected chi connectivity index (χ2v) is 14.9. The minimum atomic E-state index is -0.778. The third kappa shape index (κ3) is 10.3. The molecular formula is C39H59NO5. The van der Waals surface area contributed by atoms with E-state index in [9.17, 15) is 9.90 Å². The minimum Gasteiger partial charge on any atom is -0.493 e. The van der Waals surface area contributed by atoms with E-state index in [1.807, 2.05) is 39.0 Å². The van der Waals surface area contributed by atoms with Crippen LogP contribution in [0.15, 0.2) is 46.9 Å². The maximum absolute atomic E-state index is 13.1. The number of carbonyl (C=O) groups excluding carboxylic acids is 1. The first-order valence-corrected chi connectivity index (χ1v) is 17.1. The van der Waals surface area contributed by atoms with Gasteiger partial charge in [-0.25, -0.2) is 0 Å². The molecule has 0 fully saturated rings. The average Bonchev–Trinajstić information content (AvgIpc) is 3.40. The van der Waals surface area contributed by atoms with Crippen LogP contribution in [0.1, 0.15) is 111 Å². The van der Waals surface area contributed by atoms with Gasteiger partial charge < -0.3 is 24.7 Å². The number of rotatable bonds is 18. The number of benzene rings is 2. The summed E-state index contributed by atoms with van der Waals surface area (Å²) < 4.78 is 18.1. The van der Waals surface area contributed by atoms with E-state index in [0.29, 0.717) is 19.6 Å². The van der Waals surface area contributed by atoms with Gasteiger partial charge >= 0.3 is 5.97 Å². The molecule has 1 aromatic heterocycles. The summed E-state index contributed by atoms with van der Waals surface area (Å²) in [6.07, 6.45) is 8.75. The zero-order valence-corrected chi connectivity index (χ0v) is 29.3. The molecule has 0 aliphatic heterocycles. The Morgan fingerprint density at radius 3 is 2.36 bits per heavy atom. The summed E-state index contributed by atoms with van der Waals surface area (Å²) in [6, 6.07) is 14.8. The van der Waals surface area contributed by atoms with Gasteiger partial charge in [0.25, 0.3) is 0 Å². The summed E-state index contributed by atoms with van der Waals surface area (Å²) in [5, 5.41) is 11.0. The Morgan fingerprint density at radius 2 is 1.71 bits per heavy atom. The van der Waals surface area contributed by atoms with Crippen molar-refractivity contribution in [3.8, 4) is 17.1 Å². The van der Waals surface area contributed by atoms with Crippen molar-refractivity contribution in [3.05, 3.63) is 53.6 Å². The summed E-state index contributed by atoms with van der Waals surface area (Å²) in [4.78, 5) is 13.1. The Hall–Kier alpha value is -2.83. The number of ether oxygens (including phenoxy) is 2. The first kappa shape index (κ1) is 36.6. The van der Waals surface area contributed by atoms with Gasteiger partial charge in [-0.05, 0) is 100 Å². The highest BCUT2D eigenvalue weighted by molar-refractivity contribution is 5.84. The molecular weight excluding hydrogens is 562 g/mol. The number of hydrogen-bond acceptors (Lipinski definition) is 6. The number of aryl methyl sites for hydroxylation is 2. The maximum Gasteiger partial charge on any atom is 0.313 e. The molecule has 0 radical (unpaired) electrons. The molecule has 2 aromatic carbocycles. The quantitative estimate of drug-likeness (QED) is 0.109. The Balaban J connectivity index is 1.52. The van der Waals surface area contributed by atoms with Crippen molar-refractivity contribution < 1.29 is 23.8 Å². The Morgan fingerprint density at radius 1 is 0.956 bits per heavy atom. The zero-order chi connectivity index (χ0) is 33.3. The van der Waals surface area contributed by atoms with Crippen LogP contribution in [0.2, 0.25) is 0 Å². The lowest BCUT2D eigenvalue weighted by molar-refractivity contribution is -0.161. The molecule has 0 saturated heterocycles. The first-order chi connectivity index (χ1) is 21.2. The van der Waals surface area contributed by atoms with Gasteiger partial charge in [-0.3, -0.25) is 4.79 Å². The average molecular weight is 622 g/mol. The minimum absolute atomic E-state index is 0.0133. The van der Waals surface area contributed by atoms with E-state index in [0.717, 1.165) is 60.1 Å². The highest BCUT2D eigenvalue weighted by Gasteiger charge is 2.48. The summed E-state index contributed by atoms with van der Waals surface area (Å²) in [6.45, 7) is 17.2. The van der Waals surface area contributed by atoms with Gasteiger partial charge in [0.1, 0.15) is 17.1 Å². The molecule has 0 bridgehead atoms. The van der Waals surface area contributed by atoms with Gasteiger partial charge in [-0.2, -0.15) is 0 Å². The van der Waals surface area contributed by atoms with Gasteiger partial charge in [-0.15, -0.1) is 0 Å². The smallest absolute Gasteiger partial charge is 0.313 e. The molecule has 3 N–H and O–H groups in total. The number of aliphatic hydroxyl groups excluding tert-OH is 1. The molecule has 0 aliphatic carbocycles. The second-order valence-electron chi connectivity index (χ2n) is 14.9. The van der Waals surface area contributed by atoms with Crippen molar-refractivity contribution in [2.45, 2.75) is 119 Å². The van der Waals surface area contributed by atoms with E-state index in [1.54, 1.807) is 0 Å². The van der Waals surface area contributed by atoms with Gasteiger partial charge in [0.15, 0.2) is 0 Å². The van der Waals surface area contributed by atoms with Crippen LogP contribution < -0.4 is 10.5 Å². The standard InChI is InChI=1S/C39H59NO5/c1-9-11-12-15-28-17-20-33(30(10-2)22-28)35-23-31-18-19-32(24-34(31)45-35)44-26-29(25-41)16-13-14-21-43-36(42)39(8,38(6,7)40)27-37(3,4)5/h17-20,22-24,29,41H,9-16,21,25-27,40H2,1-8H3. The molecule has 6 nitrogen and oxygen atoms in total. The number of fused-ring (bicyclic) bond motifs is 1. The van der Waals surface area contributed by atoms with Crippen molar-refractivity contribution in [1.29, 1.82) is 0 Å². The van der Waals surface area contributed by atoms with Crippen molar-refractivity contribution in [2.24, 2.45) is 22.5 Å². The van der Waals surface area contributed by atoms with Gasteiger partial charge in [-0.1, -0.05) is 65.7 Å². The predicted octanol–water partition coefficient (Wildman–Crippen LogP) is 9.28. The number of aliphatic hydroxyl groups is 1. The van der Waals surface area contributed by atoms with Crippen molar-refractivity contribution in [2.75, 3.05) is 19.8 Å². The fraction of sp³-hybridized carbons (Fsp3) is 0.615. The Kier molecular flexibility index (Phi) is 13.1. The zero-order valence-electron chi connectivity index (χ0n) is 29.3. The third-order valence-electron chi connectivity index (χ3n) is 9.12. The van der Waals surface area contributed by atoms with Gasteiger partial charge in [0.05, 0.1) is 18.6 Å². The highest BCUT2D eigenvalue weighted by Crippen LogP contribution is 2.41. The van der Waals surface area contributed by atoms with Crippen LogP contribution in [-0.4, -0.2) is 36.4 Å². The molecule has 3 rings (SSSR count). The van der Waals surface area contributed by atoms with Crippen LogP contribution in [-0.2, 0) is 22.4 Å². The molecule has 1 heterocycles. The van der Waals surface area contributed by atoms with E-state index >= 15 is 0 Å². The third-order valence-corrected chi connectivity index (χ3v) is 9.12. The largest absolute Gasteiger partial charge is 0.493 e. The monoisotopic (exact) mass is 621 g/mol. The van der Waals surface area contributed by atoms with E-state index in [2.05, 4.69) is 58.9 Å². The number of carbonyl (C=O) groups is 1. The number of nitrogens with two attached hydrogens (primary N) is 1. The van der Waals surface area contributed by atoms with Crippen molar-refractivity contribution in [1.82, 2.24) is 0 Å².